The number of unbranched alkanes of at least 4 members (excludes halogenated alkanes) is 1. The van der Waals surface area contributed by atoms with Crippen LogP contribution in [-0.2, 0) is 0 Å². The maximum absolute atomic E-state index is 11.5. The van der Waals surface area contributed by atoms with E-state index < -0.39 is 11.7 Å². The lowest BCUT2D eigenvalue weighted by atomic mass is 10.2. The second-order valence-corrected chi connectivity index (χ2v) is 3.97. The first-order chi connectivity index (χ1) is 7.56. The van der Waals surface area contributed by atoms with Gasteiger partial charge in [0.05, 0.1) is 0 Å². The summed E-state index contributed by atoms with van der Waals surface area (Å²) in [6, 6.07) is -0.471. The van der Waals surface area contributed by atoms with E-state index in [4.69, 9.17) is 0 Å². The largest absolute Gasteiger partial charge is 0.352 e. The summed E-state index contributed by atoms with van der Waals surface area (Å²) in [6.45, 7) is 6.39. The summed E-state index contributed by atoms with van der Waals surface area (Å²) in [4.78, 5) is 25.5. The SMILES string of the molecule is CCCCNC(=O)n1nc(C(C)C)[nH]c1=O. The highest BCUT2D eigenvalue weighted by Crippen LogP contribution is 2.04. The molecular weight excluding hydrogens is 208 g/mol. The summed E-state index contributed by atoms with van der Waals surface area (Å²) >= 11 is 0. The first kappa shape index (κ1) is 12.5. The molecule has 0 atom stereocenters. The Kier molecular flexibility index (Phi) is 4.28. The average Bonchev–Trinajstić information content (AvgIpc) is 2.61. The molecule has 1 heterocycles. The highest BCUT2D eigenvalue weighted by atomic mass is 16.2. The fraction of sp³-hybridized carbons (Fsp3) is 0.700. The number of H-pyrrole nitrogens is 1. The first-order valence-corrected chi connectivity index (χ1v) is 5.53. The molecule has 0 unspecified atom stereocenters. The number of amides is 1. The van der Waals surface area contributed by atoms with Crippen LogP contribution in [0.2, 0.25) is 0 Å². The second kappa shape index (κ2) is 5.48. The van der Waals surface area contributed by atoms with Crippen molar-refractivity contribution in [2.75, 3.05) is 6.54 Å². The van der Waals surface area contributed by atoms with Gasteiger partial charge in [-0.3, -0.25) is 4.98 Å². The third kappa shape index (κ3) is 2.95. The number of hydrogen-bond donors (Lipinski definition) is 2. The van der Waals surface area contributed by atoms with Gasteiger partial charge in [0.25, 0.3) is 0 Å². The summed E-state index contributed by atoms with van der Waals surface area (Å²) < 4.78 is 0.838. The summed E-state index contributed by atoms with van der Waals surface area (Å²) in [7, 11) is 0. The van der Waals surface area contributed by atoms with Gasteiger partial charge in [0.1, 0.15) is 5.82 Å². The third-order valence-electron chi connectivity index (χ3n) is 2.18. The Morgan fingerprint density at radius 1 is 1.56 bits per heavy atom. The predicted molar refractivity (Wildman–Crippen MR) is 60.6 cm³/mol. The van der Waals surface area contributed by atoms with Crippen LogP contribution < -0.4 is 11.0 Å². The minimum Gasteiger partial charge on any atom is -0.336 e. The number of nitrogens with one attached hydrogen (secondary N) is 2. The fourth-order valence-electron chi connectivity index (χ4n) is 1.19. The molecule has 0 spiro atoms. The molecule has 16 heavy (non-hydrogen) atoms. The molecule has 1 amide bonds. The number of carbonyl (C=O) groups is 1. The van der Waals surface area contributed by atoms with Gasteiger partial charge in [-0.25, -0.2) is 9.59 Å². The van der Waals surface area contributed by atoms with Crippen molar-refractivity contribution in [3.63, 3.8) is 0 Å². The zero-order chi connectivity index (χ0) is 12.1. The molecular formula is C10H18N4O2. The van der Waals surface area contributed by atoms with Gasteiger partial charge in [0, 0.05) is 12.5 Å². The monoisotopic (exact) mass is 226 g/mol. The van der Waals surface area contributed by atoms with Gasteiger partial charge in [-0.2, -0.15) is 0 Å². The van der Waals surface area contributed by atoms with Crippen LogP contribution in [0.1, 0.15) is 45.4 Å². The van der Waals surface area contributed by atoms with Crippen molar-refractivity contribution in [3.8, 4) is 0 Å². The van der Waals surface area contributed by atoms with Crippen molar-refractivity contribution in [2.45, 2.75) is 39.5 Å². The number of nitrogens with zero attached hydrogens (tertiary/aromatic N) is 2. The van der Waals surface area contributed by atoms with E-state index in [1.54, 1.807) is 0 Å². The van der Waals surface area contributed by atoms with E-state index in [1.807, 2.05) is 20.8 Å². The molecule has 90 valence electrons. The highest BCUT2D eigenvalue weighted by Gasteiger charge is 2.13. The van der Waals surface area contributed by atoms with Gasteiger partial charge >= 0.3 is 11.7 Å². The predicted octanol–water partition coefficient (Wildman–Crippen LogP) is 1.05. The van der Waals surface area contributed by atoms with E-state index in [9.17, 15) is 9.59 Å². The molecule has 0 saturated carbocycles. The van der Waals surface area contributed by atoms with E-state index in [0.717, 1.165) is 17.5 Å². The zero-order valence-corrected chi connectivity index (χ0v) is 9.91. The molecule has 0 saturated heterocycles. The Labute approximate surface area is 94.1 Å². The molecule has 0 aliphatic rings. The minimum atomic E-state index is -0.488. The van der Waals surface area contributed by atoms with Crippen molar-refractivity contribution in [1.29, 1.82) is 0 Å². The van der Waals surface area contributed by atoms with E-state index in [-0.39, 0.29) is 5.92 Å². The molecule has 0 fully saturated rings. The normalized spacial score (nSPS) is 10.8. The lowest BCUT2D eigenvalue weighted by Gasteiger charge is -2.01. The number of aromatic amines is 1. The number of aromatic nitrogens is 3. The summed E-state index contributed by atoms with van der Waals surface area (Å²) in [6.07, 6.45) is 1.88. The van der Waals surface area contributed by atoms with Crippen molar-refractivity contribution in [2.24, 2.45) is 0 Å². The van der Waals surface area contributed by atoms with Gasteiger partial charge in [-0.05, 0) is 6.42 Å². The van der Waals surface area contributed by atoms with Crippen molar-refractivity contribution < 1.29 is 4.79 Å². The average molecular weight is 226 g/mol. The van der Waals surface area contributed by atoms with Crippen LogP contribution in [0, 0.1) is 0 Å². The Hall–Kier alpha value is -1.59. The molecule has 2 N–H and O–H groups in total. The molecule has 1 aromatic rings. The Morgan fingerprint density at radius 3 is 2.75 bits per heavy atom. The molecule has 0 bridgehead atoms. The number of rotatable bonds is 4. The zero-order valence-electron chi connectivity index (χ0n) is 9.91. The van der Waals surface area contributed by atoms with Gasteiger partial charge in [0.2, 0.25) is 0 Å². The van der Waals surface area contributed by atoms with Crippen LogP contribution in [0.25, 0.3) is 0 Å². The van der Waals surface area contributed by atoms with Crippen molar-refractivity contribution in [3.05, 3.63) is 16.3 Å². The standard InChI is InChI=1S/C10H18N4O2/c1-4-5-6-11-9(15)14-10(16)12-8(13-14)7(2)3/h7H,4-6H2,1-3H3,(H,11,15)(H,12,13,16). The third-order valence-corrected chi connectivity index (χ3v) is 2.18. The van der Waals surface area contributed by atoms with Gasteiger partial charge < -0.3 is 5.32 Å². The lowest BCUT2D eigenvalue weighted by Crippen LogP contribution is -2.36. The van der Waals surface area contributed by atoms with Crippen LogP contribution in [0.5, 0.6) is 0 Å². The van der Waals surface area contributed by atoms with Crippen LogP contribution in [0.4, 0.5) is 4.79 Å². The molecule has 1 aromatic heterocycles. The summed E-state index contributed by atoms with van der Waals surface area (Å²) in [5.74, 6) is 0.619. The Balaban J connectivity index is 2.72. The molecule has 0 aliphatic carbocycles. The lowest BCUT2D eigenvalue weighted by molar-refractivity contribution is 0.238. The second-order valence-electron chi connectivity index (χ2n) is 3.97. The minimum absolute atomic E-state index is 0.0948. The van der Waals surface area contributed by atoms with Gasteiger partial charge in [-0.1, -0.05) is 27.2 Å². The van der Waals surface area contributed by atoms with Crippen molar-refractivity contribution in [1.82, 2.24) is 20.1 Å². The van der Waals surface area contributed by atoms with Gasteiger partial charge in [-0.15, -0.1) is 9.78 Å². The summed E-state index contributed by atoms with van der Waals surface area (Å²) in [5, 5.41) is 6.56. The van der Waals surface area contributed by atoms with E-state index >= 15 is 0 Å². The molecule has 0 aromatic carbocycles. The fourth-order valence-corrected chi connectivity index (χ4v) is 1.19. The van der Waals surface area contributed by atoms with Crippen LogP contribution in [0.15, 0.2) is 4.79 Å². The summed E-state index contributed by atoms with van der Waals surface area (Å²) in [5.41, 5.74) is -0.488. The Morgan fingerprint density at radius 2 is 2.25 bits per heavy atom. The van der Waals surface area contributed by atoms with Crippen LogP contribution in [-0.4, -0.2) is 27.3 Å². The van der Waals surface area contributed by atoms with Crippen LogP contribution in [0.3, 0.4) is 0 Å². The molecule has 6 heteroatoms. The smallest absolute Gasteiger partial charge is 0.336 e. The maximum atomic E-state index is 11.5. The molecule has 0 aliphatic heterocycles. The molecule has 1 rings (SSSR count). The molecule has 6 nitrogen and oxygen atoms in total. The topological polar surface area (TPSA) is 79.8 Å². The van der Waals surface area contributed by atoms with E-state index in [2.05, 4.69) is 15.4 Å². The van der Waals surface area contributed by atoms with E-state index in [1.165, 1.54) is 0 Å². The van der Waals surface area contributed by atoms with Crippen molar-refractivity contribution >= 4 is 6.03 Å². The first-order valence-electron chi connectivity index (χ1n) is 5.53. The quantitative estimate of drug-likeness (QED) is 0.753. The van der Waals surface area contributed by atoms with Crippen LogP contribution >= 0.6 is 0 Å². The maximum Gasteiger partial charge on any atom is 0.352 e. The number of carbonyl (C=O) groups excluding carboxylic acids is 1. The Bertz CT molecular complexity index is 405. The van der Waals surface area contributed by atoms with Gasteiger partial charge in [0.15, 0.2) is 0 Å². The molecule has 0 radical (unpaired) electrons. The van der Waals surface area contributed by atoms with E-state index in [0.29, 0.717) is 12.4 Å². The number of hydrogen-bond acceptors (Lipinski definition) is 3. The highest BCUT2D eigenvalue weighted by molar-refractivity contribution is 5.75.